The van der Waals surface area contributed by atoms with E-state index in [4.69, 9.17) is 9.47 Å². The largest absolute Gasteiger partial charge is 0.461 e. The number of nitrogens with one attached hydrogen (secondary N) is 1. The lowest BCUT2D eigenvalue weighted by Gasteiger charge is -2.26. The highest BCUT2D eigenvalue weighted by Crippen LogP contribution is 2.39. The minimum absolute atomic E-state index is 0.190. The Labute approximate surface area is 152 Å². The second kappa shape index (κ2) is 8.71. The molecule has 7 nitrogen and oxygen atoms in total. The van der Waals surface area contributed by atoms with Crippen molar-refractivity contribution in [2.45, 2.75) is 44.6 Å². The number of hydrogen-bond donors (Lipinski definition) is 1. The molecule has 0 saturated heterocycles. The monoisotopic (exact) mass is 356 g/mol. The molecule has 0 aliphatic heterocycles. The first kappa shape index (κ1) is 18.3. The Balaban J connectivity index is 1.89. The van der Waals surface area contributed by atoms with Gasteiger partial charge in [0.05, 0.1) is 24.1 Å². The molecular formula is C19H24N4O3. The van der Waals surface area contributed by atoms with Crippen molar-refractivity contribution >= 4 is 17.3 Å². The predicted molar refractivity (Wildman–Crippen MR) is 97.2 cm³/mol. The summed E-state index contributed by atoms with van der Waals surface area (Å²) in [5.41, 5.74) is 2.24. The molecule has 0 radical (unpaired) electrons. The zero-order chi connectivity index (χ0) is 18.4. The molecule has 0 bridgehead atoms. The normalized spacial score (nSPS) is 20.4. The van der Waals surface area contributed by atoms with Crippen molar-refractivity contribution in [3.05, 3.63) is 41.7 Å². The summed E-state index contributed by atoms with van der Waals surface area (Å²) in [7, 11) is 1.75. The van der Waals surface area contributed by atoms with Crippen LogP contribution in [0.5, 0.6) is 0 Å². The quantitative estimate of drug-likeness (QED) is 0.601. The average molecular weight is 356 g/mol. The van der Waals surface area contributed by atoms with E-state index in [1.165, 1.54) is 0 Å². The number of H-pyrrole nitrogens is 1. The van der Waals surface area contributed by atoms with Crippen molar-refractivity contribution in [1.82, 2.24) is 10.2 Å². The van der Waals surface area contributed by atoms with Crippen molar-refractivity contribution in [2.24, 2.45) is 10.2 Å². The number of aromatic amines is 1. The predicted octanol–water partition coefficient (Wildman–Crippen LogP) is 4.67. The van der Waals surface area contributed by atoms with Crippen LogP contribution in [0.1, 0.15) is 54.7 Å². The minimum Gasteiger partial charge on any atom is -0.461 e. The summed E-state index contributed by atoms with van der Waals surface area (Å²) in [5.74, 6) is -0.232. The van der Waals surface area contributed by atoms with E-state index in [1.807, 2.05) is 30.3 Å². The Morgan fingerprint density at radius 3 is 2.58 bits per heavy atom. The highest BCUT2D eigenvalue weighted by atomic mass is 16.5. The summed E-state index contributed by atoms with van der Waals surface area (Å²) >= 11 is 0. The molecule has 0 unspecified atom stereocenters. The maximum absolute atomic E-state index is 12.2. The van der Waals surface area contributed by atoms with Gasteiger partial charge in [0.15, 0.2) is 5.69 Å². The van der Waals surface area contributed by atoms with Crippen molar-refractivity contribution in [1.29, 1.82) is 0 Å². The van der Waals surface area contributed by atoms with Gasteiger partial charge in [0, 0.05) is 13.0 Å². The number of methoxy groups -OCH3 is 1. The molecule has 26 heavy (non-hydrogen) atoms. The number of nitrogens with zero attached hydrogens (tertiary/aromatic N) is 3. The number of azo groups is 1. The molecule has 1 N–H and O–H groups in total. The molecule has 1 fully saturated rings. The third-order valence-corrected chi connectivity index (χ3v) is 4.67. The molecular weight excluding hydrogens is 332 g/mol. The third-order valence-electron chi connectivity index (χ3n) is 4.67. The standard InChI is InChI=1S/C19H24N4O3/c1-3-26-19(24)18-17(22-20-14-7-5-4-6-8-14)16(21-23-18)13-9-11-15(25-2)12-10-13/h4-8,13,15H,3,9-12H2,1-2H3,(H,21,23). The van der Waals surface area contributed by atoms with Crippen molar-refractivity contribution in [3.63, 3.8) is 0 Å². The first-order valence-electron chi connectivity index (χ1n) is 8.97. The molecule has 7 heteroatoms. The number of carbonyl (C=O) groups excluding carboxylic acids is 1. The highest BCUT2D eigenvalue weighted by Gasteiger charge is 2.29. The lowest BCUT2D eigenvalue weighted by molar-refractivity contribution is 0.0520. The second-order valence-corrected chi connectivity index (χ2v) is 6.30. The van der Waals surface area contributed by atoms with Crippen LogP contribution in [-0.2, 0) is 9.47 Å². The van der Waals surface area contributed by atoms with E-state index < -0.39 is 5.97 Å². The SMILES string of the molecule is CCOC(=O)c1n[nH]c(C2CCC(OC)CC2)c1N=Nc1ccccc1. The van der Waals surface area contributed by atoms with Gasteiger partial charge in [0.2, 0.25) is 0 Å². The molecule has 1 aromatic heterocycles. The van der Waals surface area contributed by atoms with Crippen LogP contribution in [0.3, 0.4) is 0 Å². The number of ether oxygens (including phenoxy) is 2. The Morgan fingerprint density at radius 2 is 1.92 bits per heavy atom. The van der Waals surface area contributed by atoms with Crippen molar-refractivity contribution in [3.8, 4) is 0 Å². The molecule has 1 aliphatic carbocycles. The summed E-state index contributed by atoms with van der Waals surface area (Å²) in [5, 5.41) is 15.8. The van der Waals surface area contributed by atoms with E-state index in [-0.39, 0.29) is 18.2 Å². The lowest BCUT2D eigenvalue weighted by atomic mass is 9.84. The Kier molecular flexibility index (Phi) is 6.12. The summed E-state index contributed by atoms with van der Waals surface area (Å²) < 4.78 is 10.6. The molecule has 0 amide bonds. The van der Waals surface area contributed by atoms with E-state index in [1.54, 1.807) is 14.0 Å². The second-order valence-electron chi connectivity index (χ2n) is 6.30. The van der Waals surface area contributed by atoms with Crippen LogP contribution in [0.4, 0.5) is 11.4 Å². The summed E-state index contributed by atoms with van der Waals surface area (Å²) in [6, 6.07) is 9.42. The van der Waals surface area contributed by atoms with Crippen LogP contribution >= 0.6 is 0 Å². The van der Waals surface area contributed by atoms with Crippen molar-refractivity contribution in [2.75, 3.05) is 13.7 Å². The maximum atomic E-state index is 12.2. The first-order valence-corrected chi connectivity index (χ1v) is 8.97. The molecule has 1 aliphatic rings. The Hall–Kier alpha value is -2.54. The van der Waals surface area contributed by atoms with Gasteiger partial charge >= 0.3 is 5.97 Å². The molecule has 0 spiro atoms. The first-order chi connectivity index (χ1) is 12.7. The molecule has 2 aromatic rings. The fourth-order valence-electron chi connectivity index (χ4n) is 3.27. The number of carbonyl (C=O) groups is 1. The lowest BCUT2D eigenvalue weighted by Crippen LogP contribution is -2.19. The van der Waals surface area contributed by atoms with Gasteiger partial charge in [-0.15, -0.1) is 5.11 Å². The van der Waals surface area contributed by atoms with Crippen molar-refractivity contribution < 1.29 is 14.3 Å². The van der Waals surface area contributed by atoms with E-state index in [0.717, 1.165) is 37.1 Å². The van der Waals surface area contributed by atoms with E-state index >= 15 is 0 Å². The Morgan fingerprint density at radius 1 is 1.19 bits per heavy atom. The minimum atomic E-state index is -0.484. The number of esters is 1. The van der Waals surface area contributed by atoms with E-state index in [0.29, 0.717) is 11.8 Å². The van der Waals surface area contributed by atoms with Gasteiger partial charge in [-0.3, -0.25) is 5.10 Å². The number of rotatable bonds is 6. The Bertz CT molecular complexity index is 749. The summed E-state index contributed by atoms with van der Waals surface area (Å²) in [6.45, 7) is 2.05. The summed E-state index contributed by atoms with van der Waals surface area (Å²) in [6.07, 6.45) is 4.16. The average Bonchev–Trinajstić information content (AvgIpc) is 3.11. The van der Waals surface area contributed by atoms with E-state index in [2.05, 4.69) is 20.4 Å². The van der Waals surface area contributed by atoms with Crippen LogP contribution in [0, 0.1) is 0 Å². The van der Waals surface area contributed by atoms with Gasteiger partial charge in [-0.05, 0) is 44.7 Å². The zero-order valence-corrected chi connectivity index (χ0v) is 15.1. The number of benzene rings is 1. The molecule has 1 heterocycles. The third kappa shape index (κ3) is 4.16. The number of hydrogen-bond acceptors (Lipinski definition) is 6. The topological polar surface area (TPSA) is 88.9 Å². The van der Waals surface area contributed by atoms with Crippen LogP contribution in [0.25, 0.3) is 0 Å². The van der Waals surface area contributed by atoms with Crippen LogP contribution < -0.4 is 0 Å². The highest BCUT2D eigenvalue weighted by molar-refractivity contribution is 5.93. The molecule has 1 aromatic carbocycles. The summed E-state index contributed by atoms with van der Waals surface area (Å²) in [4.78, 5) is 12.2. The van der Waals surface area contributed by atoms with Gasteiger partial charge in [0.25, 0.3) is 0 Å². The van der Waals surface area contributed by atoms with Crippen LogP contribution in [0.15, 0.2) is 40.6 Å². The zero-order valence-electron chi connectivity index (χ0n) is 15.1. The molecule has 0 atom stereocenters. The van der Waals surface area contributed by atoms with E-state index in [9.17, 15) is 4.79 Å². The van der Waals surface area contributed by atoms with Crippen LogP contribution in [-0.4, -0.2) is 36.0 Å². The molecule has 3 rings (SSSR count). The smallest absolute Gasteiger partial charge is 0.361 e. The van der Waals surface area contributed by atoms with Gasteiger partial charge in [-0.1, -0.05) is 18.2 Å². The fourth-order valence-corrected chi connectivity index (χ4v) is 3.27. The molecule has 138 valence electrons. The van der Waals surface area contributed by atoms with Gasteiger partial charge in [-0.25, -0.2) is 4.79 Å². The van der Waals surface area contributed by atoms with Crippen LogP contribution in [0.2, 0.25) is 0 Å². The fraction of sp³-hybridized carbons (Fsp3) is 0.474. The van der Waals surface area contributed by atoms with Gasteiger partial charge in [-0.2, -0.15) is 10.2 Å². The maximum Gasteiger partial charge on any atom is 0.361 e. The van der Waals surface area contributed by atoms with Gasteiger partial charge < -0.3 is 9.47 Å². The van der Waals surface area contributed by atoms with Gasteiger partial charge in [0.1, 0.15) is 5.69 Å². The number of aromatic nitrogens is 2. The molecule has 1 saturated carbocycles.